The minimum Gasteiger partial charge on any atom is -0.321 e. The predicted octanol–water partition coefficient (Wildman–Crippen LogP) is 4.10. The molecular formula is C16H15NOS. The van der Waals surface area contributed by atoms with E-state index in [2.05, 4.69) is 24.3 Å². The van der Waals surface area contributed by atoms with Crippen molar-refractivity contribution < 1.29 is 4.79 Å². The molecule has 3 heteroatoms. The highest BCUT2D eigenvalue weighted by Gasteiger charge is 2.32. The fourth-order valence-corrected chi connectivity index (χ4v) is 3.39. The number of nitrogens with zero attached hydrogens (tertiary/aromatic N) is 1. The lowest BCUT2D eigenvalue weighted by Gasteiger charge is -2.24. The predicted molar refractivity (Wildman–Crippen MR) is 79.0 cm³/mol. The molecule has 0 aromatic heterocycles. The molecule has 96 valence electrons. The van der Waals surface area contributed by atoms with E-state index >= 15 is 0 Å². The number of carbonyl (C=O) groups is 1. The van der Waals surface area contributed by atoms with Crippen molar-refractivity contribution in [3.63, 3.8) is 0 Å². The summed E-state index contributed by atoms with van der Waals surface area (Å²) in [5, 5.41) is 0.178. The minimum absolute atomic E-state index is 0.178. The Hall–Kier alpha value is -1.74. The topological polar surface area (TPSA) is 20.3 Å². The molecule has 0 bridgehead atoms. The van der Waals surface area contributed by atoms with Gasteiger partial charge in [-0.25, -0.2) is 0 Å². The van der Waals surface area contributed by atoms with Crippen LogP contribution in [0.4, 0.5) is 4.79 Å². The van der Waals surface area contributed by atoms with Crippen molar-refractivity contribution in [3.05, 3.63) is 71.8 Å². The van der Waals surface area contributed by atoms with Crippen LogP contribution in [0.5, 0.6) is 0 Å². The van der Waals surface area contributed by atoms with Crippen molar-refractivity contribution >= 4 is 17.0 Å². The van der Waals surface area contributed by atoms with Gasteiger partial charge in [-0.2, -0.15) is 0 Å². The van der Waals surface area contributed by atoms with E-state index in [1.165, 1.54) is 22.9 Å². The largest absolute Gasteiger partial charge is 0.321 e. The molecule has 2 nitrogen and oxygen atoms in total. The number of hydrogen-bond donors (Lipinski definition) is 0. The molecule has 0 aliphatic carbocycles. The first-order valence-electron chi connectivity index (χ1n) is 6.37. The molecule has 1 heterocycles. The second-order valence-corrected chi connectivity index (χ2v) is 5.59. The molecule has 1 aliphatic rings. The molecule has 0 saturated carbocycles. The summed E-state index contributed by atoms with van der Waals surface area (Å²) in [4.78, 5) is 14.0. The highest BCUT2D eigenvalue weighted by Crippen LogP contribution is 2.36. The molecular weight excluding hydrogens is 254 g/mol. The number of benzene rings is 2. The monoisotopic (exact) mass is 269 g/mol. The van der Waals surface area contributed by atoms with Crippen LogP contribution >= 0.6 is 11.8 Å². The first kappa shape index (κ1) is 12.3. The maximum atomic E-state index is 12.1. The lowest BCUT2D eigenvalue weighted by Crippen LogP contribution is -2.26. The fourth-order valence-electron chi connectivity index (χ4n) is 2.36. The smallest absolute Gasteiger partial charge is 0.282 e. The third kappa shape index (κ3) is 2.66. The van der Waals surface area contributed by atoms with E-state index in [4.69, 9.17) is 0 Å². The highest BCUT2D eigenvalue weighted by atomic mass is 32.2. The van der Waals surface area contributed by atoms with Gasteiger partial charge >= 0.3 is 0 Å². The van der Waals surface area contributed by atoms with E-state index in [0.29, 0.717) is 6.54 Å². The van der Waals surface area contributed by atoms with E-state index in [0.717, 1.165) is 5.75 Å². The summed E-state index contributed by atoms with van der Waals surface area (Å²) >= 11 is 1.41. The zero-order valence-corrected chi connectivity index (χ0v) is 11.3. The van der Waals surface area contributed by atoms with Gasteiger partial charge in [0.25, 0.3) is 5.24 Å². The standard InChI is InChI=1S/C16H15NOS/c18-16-17(11-13-7-3-1-4-8-13)15(12-19-16)14-9-5-2-6-10-14/h1-10,15H,11-12H2/t15-/m0/s1. The number of thioether (sulfide) groups is 1. The Morgan fingerprint density at radius 3 is 2.32 bits per heavy atom. The summed E-state index contributed by atoms with van der Waals surface area (Å²) in [5.74, 6) is 0.843. The normalized spacial score (nSPS) is 18.8. The second kappa shape index (κ2) is 5.49. The Bertz CT molecular complexity index is 555. The van der Waals surface area contributed by atoms with Crippen LogP contribution in [-0.2, 0) is 6.54 Å². The Kier molecular flexibility index (Phi) is 3.56. The van der Waals surface area contributed by atoms with Crippen molar-refractivity contribution in [3.8, 4) is 0 Å². The van der Waals surface area contributed by atoms with Crippen molar-refractivity contribution in [2.45, 2.75) is 12.6 Å². The lowest BCUT2D eigenvalue weighted by atomic mass is 10.1. The first-order chi connectivity index (χ1) is 9.34. The summed E-state index contributed by atoms with van der Waals surface area (Å²) in [5.41, 5.74) is 2.40. The molecule has 0 spiro atoms. The van der Waals surface area contributed by atoms with Crippen molar-refractivity contribution in [1.29, 1.82) is 0 Å². The number of amides is 1. The van der Waals surface area contributed by atoms with E-state index in [1.54, 1.807) is 0 Å². The van der Waals surface area contributed by atoms with Crippen LogP contribution in [0.2, 0.25) is 0 Å². The summed E-state index contributed by atoms with van der Waals surface area (Å²) in [6, 6.07) is 20.6. The highest BCUT2D eigenvalue weighted by molar-refractivity contribution is 8.13. The number of rotatable bonds is 3. The van der Waals surface area contributed by atoms with Crippen molar-refractivity contribution in [2.75, 3.05) is 5.75 Å². The van der Waals surface area contributed by atoms with Crippen LogP contribution < -0.4 is 0 Å². The van der Waals surface area contributed by atoms with Gasteiger partial charge in [0, 0.05) is 12.3 Å². The van der Waals surface area contributed by atoms with Crippen LogP contribution in [0.25, 0.3) is 0 Å². The summed E-state index contributed by atoms with van der Waals surface area (Å²) in [6.07, 6.45) is 0. The molecule has 19 heavy (non-hydrogen) atoms. The van der Waals surface area contributed by atoms with Gasteiger partial charge in [0.15, 0.2) is 0 Å². The number of carbonyl (C=O) groups excluding carboxylic acids is 1. The Labute approximate surface area is 117 Å². The molecule has 1 aliphatic heterocycles. The molecule has 1 amide bonds. The minimum atomic E-state index is 0.178. The van der Waals surface area contributed by atoms with Crippen molar-refractivity contribution in [1.82, 2.24) is 4.90 Å². The zero-order valence-electron chi connectivity index (χ0n) is 10.5. The van der Waals surface area contributed by atoms with Crippen LogP contribution in [0.1, 0.15) is 17.2 Å². The molecule has 3 rings (SSSR count). The van der Waals surface area contributed by atoms with Gasteiger partial charge in [0.05, 0.1) is 6.04 Å². The Morgan fingerprint density at radius 2 is 1.63 bits per heavy atom. The van der Waals surface area contributed by atoms with Gasteiger partial charge < -0.3 is 4.90 Å². The second-order valence-electron chi connectivity index (χ2n) is 4.62. The van der Waals surface area contributed by atoms with E-state index < -0.39 is 0 Å². The van der Waals surface area contributed by atoms with Crippen LogP contribution in [0.15, 0.2) is 60.7 Å². The summed E-state index contributed by atoms with van der Waals surface area (Å²) in [7, 11) is 0. The quantitative estimate of drug-likeness (QED) is 0.836. The SMILES string of the molecule is O=C1SC[C@@H](c2ccccc2)N1Cc1ccccc1. The van der Waals surface area contributed by atoms with Crippen LogP contribution in [0, 0.1) is 0 Å². The molecule has 0 unspecified atom stereocenters. The molecule has 2 aromatic carbocycles. The van der Waals surface area contributed by atoms with Gasteiger partial charge in [0.1, 0.15) is 0 Å². The van der Waals surface area contributed by atoms with E-state index in [-0.39, 0.29) is 11.3 Å². The van der Waals surface area contributed by atoms with Gasteiger partial charge in [-0.05, 0) is 11.1 Å². The number of hydrogen-bond acceptors (Lipinski definition) is 2. The Morgan fingerprint density at radius 1 is 1.00 bits per heavy atom. The van der Waals surface area contributed by atoms with Gasteiger partial charge in [0.2, 0.25) is 0 Å². The van der Waals surface area contributed by atoms with Gasteiger partial charge in [-0.3, -0.25) is 4.79 Å². The fraction of sp³-hybridized carbons (Fsp3) is 0.188. The molecule has 2 aromatic rings. The molecule has 1 atom stereocenters. The molecule has 0 radical (unpaired) electrons. The lowest BCUT2D eigenvalue weighted by molar-refractivity contribution is 0.208. The van der Waals surface area contributed by atoms with E-state index in [9.17, 15) is 4.79 Å². The van der Waals surface area contributed by atoms with E-state index in [1.807, 2.05) is 41.3 Å². The first-order valence-corrected chi connectivity index (χ1v) is 7.35. The average molecular weight is 269 g/mol. The van der Waals surface area contributed by atoms with Crippen molar-refractivity contribution in [2.24, 2.45) is 0 Å². The Balaban J connectivity index is 1.83. The molecule has 0 N–H and O–H groups in total. The third-order valence-corrected chi connectivity index (χ3v) is 4.32. The maximum absolute atomic E-state index is 12.1. The van der Waals surface area contributed by atoms with Gasteiger partial charge in [-0.15, -0.1) is 0 Å². The maximum Gasteiger partial charge on any atom is 0.282 e. The summed E-state index contributed by atoms with van der Waals surface area (Å²) < 4.78 is 0. The average Bonchev–Trinajstić information content (AvgIpc) is 2.82. The molecule has 1 saturated heterocycles. The zero-order chi connectivity index (χ0) is 13.1. The molecule has 1 fully saturated rings. The third-order valence-electron chi connectivity index (χ3n) is 3.36. The van der Waals surface area contributed by atoms with Gasteiger partial charge in [-0.1, -0.05) is 72.4 Å². The van der Waals surface area contributed by atoms with Crippen LogP contribution in [0.3, 0.4) is 0 Å². The van der Waals surface area contributed by atoms with Crippen LogP contribution in [-0.4, -0.2) is 15.9 Å². The summed E-state index contributed by atoms with van der Waals surface area (Å²) in [6.45, 7) is 0.687.